The Morgan fingerprint density at radius 3 is 2.73 bits per heavy atom. The molecule has 2 saturated heterocycles. The van der Waals surface area contributed by atoms with Crippen LogP contribution >= 0.6 is 11.3 Å². The highest BCUT2D eigenvalue weighted by Gasteiger charge is 2.38. The molecule has 12 heteroatoms. The number of thiazole rings is 1. The lowest BCUT2D eigenvalue weighted by Gasteiger charge is -2.41. The summed E-state index contributed by atoms with van der Waals surface area (Å²) in [5, 5.41) is 5.74. The number of halogens is 3. The Kier molecular flexibility index (Phi) is 5.65. The molecule has 0 amide bonds. The van der Waals surface area contributed by atoms with Gasteiger partial charge in [0.25, 0.3) is 6.01 Å². The van der Waals surface area contributed by atoms with Crippen molar-refractivity contribution in [1.82, 2.24) is 15.3 Å². The number of alkyl halides is 3. The lowest BCUT2D eigenvalue weighted by Crippen LogP contribution is -2.58. The second-order valence-electron chi connectivity index (χ2n) is 7.98. The molecule has 1 aromatic carbocycles. The highest BCUT2D eigenvalue weighted by atomic mass is 32.1. The zero-order valence-corrected chi connectivity index (χ0v) is 18.5. The van der Waals surface area contributed by atoms with Crippen LogP contribution in [0.1, 0.15) is 36.5 Å². The summed E-state index contributed by atoms with van der Waals surface area (Å²) in [6.45, 7) is 2.80. The summed E-state index contributed by atoms with van der Waals surface area (Å²) < 4.78 is 55.3. The maximum Gasteiger partial charge on any atom is 0.573 e. The Morgan fingerprint density at radius 1 is 1.33 bits per heavy atom. The Bertz CT molecular complexity index is 1150. The van der Waals surface area contributed by atoms with E-state index in [1.165, 1.54) is 17.4 Å². The van der Waals surface area contributed by atoms with Crippen molar-refractivity contribution >= 4 is 34.4 Å². The molecular formula is C21H21F3N4O4S. The van der Waals surface area contributed by atoms with Crippen molar-refractivity contribution < 1.29 is 31.9 Å². The highest BCUT2D eigenvalue weighted by Crippen LogP contribution is 2.42. The van der Waals surface area contributed by atoms with Gasteiger partial charge in [-0.1, -0.05) is 6.42 Å². The average Bonchev–Trinajstić information content (AvgIpc) is 3.43. The maximum atomic E-state index is 13.3. The molecule has 0 spiro atoms. The SMILES string of the molecule is CCOC(=O)c1cc(-c2nccs2)c2oc(N3CC4CCCC(C3)N4)nc2c1OC(F)(F)F. The molecule has 5 rings (SSSR count). The van der Waals surface area contributed by atoms with Crippen LogP contribution in [0, 0.1) is 0 Å². The number of oxazole rings is 1. The fourth-order valence-corrected chi connectivity index (χ4v) is 5.09. The molecular weight excluding hydrogens is 461 g/mol. The van der Waals surface area contributed by atoms with Gasteiger partial charge in [-0.25, -0.2) is 9.78 Å². The molecule has 8 nitrogen and oxygen atoms in total. The van der Waals surface area contributed by atoms with Gasteiger partial charge in [-0.2, -0.15) is 4.98 Å². The standard InChI is InChI=1S/C21H21F3N4O4S/c1-2-30-19(29)14-8-13(18-25-6-7-33-18)16-15(17(14)32-21(22,23)24)27-20(31-16)28-9-11-4-3-5-12(10-28)26-11/h6-8,11-12,26H,2-5,9-10H2,1H3. The van der Waals surface area contributed by atoms with E-state index < -0.39 is 18.1 Å². The Balaban J connectivity index is 1.69. The van der Waals surface area contributed by atoms with Crippen molar-refractivity contribution in [2.24, 2.45) is 0 Å². The second kappa shape index (κ2) is 8.49. The van der Waals surface area contributed by atoms with E-state index >= 15 is 0 Å². The average molecular weight is 482 g/mol. The first-order valence-corrected chi connectivity index (χ1v) is 11.5. The number of esters is 1. The van der Waals surface area contributed by atoms with Crippen molar-refractivity contribution in [3.05, 3.63) is 23.2 Å². The number of fused-ring (bicyclic) bond motifs is 3. The molecule has 4 heterocycles. The van der Waals surface area contributed by atoms with Crippen molar-refractivity contribution in [3.8, 4) is 16.3 Å². The molecule has 176 valence electrons. The summed E-state index contributed by atoms with van der Waals surface area (Å²) in [5.74, 6) is -1.68. The fraction of sp³-hybridized carbons (Fsp3) is 0.476. The van der Waals surface area contributed by atoms with Gasteiger partial charge in [-0.3, -0.25) is 0 Å². The molecule has 2 aromatic heterocycles. The summed E-state index contributed by atoms with van der Waals surface area (Å²) in [7, 11) is 0. The summed E-state index contributed by atoms with van der Waals surface area (Å²) in [6, 6.07) is 1.97. The lowest BCUT2D eigenvalue weighted by molar-refractivity contribution is -0.274. The van der Waals surface area contributed by atoms with Crippen molar-refractivity contribution in [1.29, 1.82) is 0 Å². The molecule has 2 fully saturated rings. The predicted octanol–water partition coefficient (Wildman–Crippen LogP) is 4.36. The van der Waals surface area contributed by atoms with Gasteiger partial charge in [0.2, 0.25) is 0 Å². The number of nitrogens with zero attached hydrogens (tertiary/aromatic N) is 3. The smallest absolute Gasteiger partial charge is 0.462 e. The molecule has 33 heavy (non-hydrogen) atoms. The van der Waals surface area contributed by atoms with Crippen LogP contribution in [0.15, 0.2) is 22.1 Å². The van der Waals surface area contributed by atoms with Crippen LogP contribution in [-0.2, 0) is 4.74 Å². The number of anilines is 1. The number of nitrogens with one attached hydrogen (secondary N) is 1. The van der Waals surface area contributed by atoms with Gasteiger partial charge in [-0.05, 0) is 25.8 Å². The Morgan fingerprint density at radius 2 is 2.09 bits per heavy atom. The highest BCUT2D eigenvalue weighted by molar-refractivity contribution is 7.13. The molecule has 0 aliphatic carbocycles. The van der Waals surface area contributed by atoms with Crippen molar-refractivity contribution in [2.75, 3.05) is 24.6 Å². The quantitative estimate of drug-likeness (QED) is 0.537. The van der Waals surface area contributed by atoms with E-state index in [1.54, 1.807) is 18.5 Å². The van der Waals surface area contributed by atoms with E-state index in [4.69, 9.17) is 9.15 Å². The maximum absolute atomic E-state index is 13.3. The fourth-order valence-electron chi connectivity index (χ4n) is 4.44. The number of rotatable bonds is 5. The monoisotopic (exact) mass is 482 g/mol. The van der Waals surface area contributed by atoms with Gasteiger partial charge in [0.15, 0.2) is 16.8 Å². The summed E-state index contributed by atoms with van der Waals surface area (Å²) in [5.41, 5.74) is -0.145. The molecule has 0 radical (unpaired) electrons. The topological polar surface area (TPSA) is 89.7 Å². The van der Waals surface area contributed by atoms with Gasteiger partial charge in [-0.15, -0.1) is 24.5 Å². The van der Waals surface area contributed by atoms with Crippen LogP contribution in [0.5, 0.6) is 5.75 Å². The first kappa shape index (κ1) is 22.0. The minimum Gasteiger partial charge on any atom is -0.462 e. The van der Waals surface area contributed by atoms with Crippen LogP contribution in [0.25, 0.3) is 21.7 Å². The molecule has 2 aliphatic rings. The van der Waals surface area contributed by atoms with Crippen LogP contribution in [0.3, 0.4) is 0 Å². The molecule has 2 unspecified atom stereocenters. The van der Waals surface area contributed by atoms with Crippen LogP contribution < -0.4 is 15.0 Å². The summed E-state index contributed by atoms with van der Waals surface area (Å²) in [4.78, 5) is 23.2. The zero-order valence-electron chi connectivity index (χ0n) is 17.6. The second-order valence-corrected chi connectivity index (χ2v) is 8.87. The van der Waals surface area contributed by atoms with E-state index in [0.717, 1.165) is 19.3 Å². The minimum atomic E-state index is -5.04. The third kappa shape index (κ3) is 4.36. The van der Waals surface area contributed by atoms with Gasteiger partial charge in [0, 0.05) is 36.8 Å². The van der Waals surface area contributed by atoms with Crippen LogP contribution in [0.2, 0.25) is 0 Å². The molecule has 1 N–H and O–H groups in total. The number of piperazine rings is 1. The van der Waals surface area contributed by atoms with Crippen molar-refractivity contribution in [2.45, 2.75) is 44.6 Å². The van der Waals surface area contributed by atoms with Gasteiger partial charge >= 0.3 is 12.3 Å². The molecule has 2 aliphatic heterocycles. The molecule has 2 atom stereocenters. The normalized spacial score (nSPS) is 20.8. The minimum absolute atomic E-state index is 0.0114. The van der Waals surface area contributed by atoms with E-state index in [-0.39, 0.29) is 41.4 Å². The number of benzene rings is 1. The number of carbonyl (C=O) groups excluding carboxylic acids is 1. The zero-order chi connectivity index (χ0) is 23.2. The van der Waals surface area contributed by atoms with Crippen LogP contribution in [0.4, 0.5) is 19.2 Å². The number of carbonyl (C=O) groups is 1. The van der Waals surface area contributed by atoms with E-state index in [1.807, 2.05) is 4.90 Å². The summed E-state index contributed by atoms with van der Waals surface area (Å²) in [6.07, 6.45) is -0.336. The Hall–Kier alpha value is -2.86. The van der Waals surface area contributed by atoms with Gasteiger partial charge < -0.3 is 24.1 Å². The number of hydrogen-bond donors (Lipinski definition) is 1. The molecule has 0 saturated carbocycles. The largest absolute Gasteiger partial charge is 0.573 e. The third-order valence-electron chi connectivity index (χ3n) is 5.71. The van der Waals surface area contributed by atoms with Crippen LogP contribution in [-0.4, -0.2) is 54.1 Å². The predicted molar refractivity (Wildman–Crippen MR) is 115 cm³/mol. The number of piperidine rings is 1. The number of aromatic nitrogens is 2. The summed E-state index contributed by atoms with van der Waals surface area (Å²) >= 11 is 1.26. The van der Waals surface area contributed by atoms with E-state index in [2.05, 4.69) is 20.0 Å². The van der Waals surface area contributed by atoms with Gasteiger partial charge in [0.05, 0.1) is 12.2 Å². The van der Waals surface area contributed by atoms with Gasteiger partial charge in [0.1, 0.15) is 10.6 Å². The first-order chi connectivity index (χ1) is 15.8. The van der Waals surface area contributed by atoms with Crippen molar-refractivity contribution in [3.63, 3.8) is 0 Å². The number of ether oxygens (including phenoxy) is 2. The lowest BCUT2D eigenvalue weighted by atomic mass is 9.94. The van der Waals surface area contributed by atoms with E-state index in [0.29, 0.717) is 23.7 Å². The Labute approximate surface area is 190 Å². The number of hydrogen-bond acceptors (Lipinski definition) is 9. The third-order valence-corrected chi connectivity index (χ3v) is 6.52. The molecule has 3 aromatic rings. The molecule has 2 bridgehead atoms. The first-order valence-electron chi connectivity index (χ1n) is 10.6. The van der Waals surface area contributed by atoms with E-state index in [9.17, 15) is 18.0 Å².